The lowest BCUT2D eigenvalue weighted by Gasteiger charge is -2.35. The number of para-hydroxylation sites is 1. The number of carbonyl (C=O) groups is 1. The number of amides is 1. The maximum atomic E-state index is 12.7. The first-order valence-electron chi connectivity index (χ1n) is 9.68. The minimum absolute atomic E-state index is 0.143. The average molecular weight is 359 g/mol. The van der Waals surface area contributed by atoms with Crippen molar-refractivity contribution < 1.29 is 4.79 Å². The molecule has 0 spiro atoms. The zero-order valence-corrected chi connectivity index (χ0v) is 15.8. The normalized spacial score (nSPS) is 15.2. The number of aromatic nitrogens is 1. The van der Waals surface area contributed by atoms with E-state index in [0.717, 1.165) is 50.2 Å². The second-order valence-electron chi connectivity index (χ2n) is 7.11. The smallest absolute Gasteiger partial charge is 0.253 e. The Bertz CT molecular complexity index is 923. The van der Waals surface area contributed by atoms with E-state index in [4.69, 9.17) is 0 Å². The molecule has 0 atom stereocenters. The highest BCUT2D eigenvalue weighted by Crippen LogP contribution is 2.19. The van der Waals surface area contributed by atoms with Crippen molar-refractivity contribution in [2.24, 2.45) is 0 Å². The summed E-state index contributed by atoms with van der Waals surface area (Å²) in [5, 5.41) is 1.18. The summed E-state index contributed by atoms with van der Waals surface area (Å²) in [4.78, 5) is 21.7. The Kier molecular flexibility index (Phi) is 5.16. The van der Waals surface area contributed by atoms with Crippen LogP contribution < -0.4 is 0 Å². The molecule has 27 heavy (non-hydrogen) atoms. The molecule has 1 aliphatic rings. The van der Waals surface area contributed by atoms with Gasteiger partial charge < -0.3 is 4.90 Å². The number of benzene rings is 2. The maximum absolute atomic E-state index is 12.7. The van der Waals surface area contributed by atoms with E-state index in [-0.39, 0.29) is 5.91 Å². The van der Waals surface area contributed by atoms with Crippen LogP contribution in [0.5, 0.6) is 0 Å². The van der Waals surface area contributed by atoms with Crippen molar-refractivity contribution >= 4 is 16.8 Å². The molecule has 0 bridgehead atoms. The van der Waals surface area contributed by atoms with Gasteiger partial charge in [-0.1, -0.05) is 43.3 Å². The molecule has 3 aromatic rings. The van der Waals surface area contributed by atoms with Crippen molar-refractivity contribution in [1.82, 2.24) is 14.8 Å². The van der Waals surface area contributed by atoms with Gasteiger partial charge in [-0.25, -0.2) is 0 Å². The molecule has 0 radical (unpaired) electrons. The molecule has 2 heterocycles. The highest BCUT2D eigenvalue weighted by Gasteiger charge is 2.22. The number of piperazine rings is 1. The van der Waals surface area contributed by atoms with E-state index in [2.05, 4.69) is 53.2 Å². The molecular weight excluding hydrogens is 334 g/mol. The van der Waals surface area contributed by atoms with Crippen LogP contribution in [-0.2, 0) is 13.0 Å². The minimum Gasteiger partial charge on any atom is -0.336 e. The van der Waals surface area contributed by atoms with E-state index in [1.807, 2.05) is 29.3 Å². The lowest BCUT2D eigenvalue weighted by atomic mass is 10.1. The molecule has 0 unspecified atom stereocenters. The van der Waals surface area contributed by atoms with Crippen molar-refractivity contribution in [2.75, 3.05) is 26.2 Å². The molecule has 1 aromatic heterocycles. The number of aryl methyl sites for hydroxylation is 1. The molecule has 1 aliphatic heterocycles. The van der Waals surface area contributed by atoms with Crippen LogP contribution in [-0.4, -0.2) is 46.9 Å². The van der Waals surface area contributed by atoms with E-state index in [9.17, 15) is 4.79 Å². The summed E-state index contributed by atoms with van der Waals surface area (Å²) in [6, 6.07) is 18.4. The first-order chi connectivity index (χ1) is 13.2. The summed E-state index contributed by atoms with van der Waals surface area (Å²) in [7, 11) is 0. The topological polar surface area (TPSA) is 36.4 Å². The second kappa shape index (κ2) is 7.89. The summed E-state index contributed by atoms with van der Waals surface area (Å²) in [6.07, 6.45) is 2.85. The van der Waals surface area contributed by atoms with E-state index in [1.165, 1.54) is 16.5 Å². The van der Waals surface area contributed by atoms with Crippen molar-refractivity contribution in [1.29, 1.82) is 0 Å². The summed E-state index contributed by atoms with van der Waals surface area (Å²) < 4.78 is 0. The fraction of sp³-hybridized carbons (Fsp3) is 0.304. The van der Waals surface area contributed by atoms with Crippen LogP contribution in [0.25, 0.3) is 10.9 Å². The monoisotopic (exact) mass is 359 g/mol. The predicted molar refractivity (Wildman–Crippen MR) is 109 cm³/mol. The summed E-state index contributed by atoms with van der Waals surface area (Å²) in [5.74, 6) is 0.143. The Morgan fingerprint density at radius 1 is 0.963 bits per heavy atom. The highest BCUT2D eigenvalue weighted by atomic mass is 16.2. The number of hydrogen-bond acceptors (Lipinski definition) is 3. The van der Waals surface area contributed by atoms with E-state index < -0.39 is 0 Å². The van der Waals surface area contributed by atoms with Crippen molar-refractivity contribution in [3.63, 3.8) is 0 Å². The molecular formula is C23H25N3O. The Morgan fingerprint density at radius 3 is 2.44 bits per heavy atom. The third-order valence-electron chi connectivity index (χ3n) is 5.38. The van der Waals surface area contributed by atoms with Crippen LogP contribution in [0.3, 0.4) is 0 Å². The lowest BCUT2D eigenvalue weighted by Crippen LogP contribution is -2.48. The number of nitrogens with zero attached hydrogens (tertiary/aromatic N) is 3. The number of pyridine rings is 1. The van der Waals surface area contributed by atoms with Crippen LogP contribution in [0, 0.1) is 0 Å². The van der Waals surface area contributed by atoms with E-state index in [0.29, 0.717) is 0 Å². The van der Waals surface area contributed by atoms with Gasteiger partial charge in [-0.2, -0.15) is 0 Å². The van der Waals surface area contributed by atoms with Crippen LogP contribution in [0.1, 0.15) is 28.4 Å². The van der Waals surface area contributed by atoms with E-state index in [1.54, 1.807) is 0 Å². The molecule has 4 rings (SSSR count). The number of hydrogen-bond donors (Lipinski definition) is 0. The summed E-state index contributed by atoms with van der Waals surface area (Å²) in [5.41, 5.74) is 4.39. The van der Waals surface area contributed by atoms with Crippen molar-refractivity contribution in [3.05, 3.63) is 77.5 Å². The molecule has 1 fully saturated rings. The van der Waals surface area contributed by atoms with E-state index >= 15 is 0 Å². The largest absolute Gasteiger partial charge is 0.336 e. The molecule has 1 amide bonds. The van der Waals surface area contributed by atoms with Gasteiger partial charge in [0.15, 0.2) is 0 Å². The van der Waals surface area contributed by atoms with Gasteiger partial charge in [-0.05, 0) is 35.7 Å². The van der Waals surface area contributed by atoms with Gasteiger partial charge in [-0.3, -0.25) is 14.7 Å². The summed E-state index contributed by atoms with van der Waals surface area (Å²) >= 11 is 0. The SMILES string of the molecule is CCc1ccc(C(=O)N2CCN(Cc3cccc4cccnc34)CC2)cc1. The number of carbonyl (C=O) groups excluding carboxylic acids is 1. The van der Waals surface area contributed by atoms with Crippen molar-refractivity contribution in [2.45, 2.75) is 19.9 Å². The fourth-order valence-electron chi connectivity index (χ4n) is 3.71. The Balaban J connectivity index is 1.39. The third kappa shape index (κ3) is 3.86. The molecule has 138 valence electrons. The molecule has 1 saturated heterocycles. The lowest BCUT2D eigenvalue weighted by molar-refractivity contribution is 0.0629. The van der Waals surface area contributed by atoms with Gasteiger partial charge in [0, 0.05) is 49.9 Å². The van der Waals surface area contributed by atoms with Crippen molar-refractivity contribution in [3.8, 4) is 0 Å². The van der Waals surface area contributed by atoms with Gasteiger partial charge in [-0.15, -0.1) is 0 Å². The maximum Gasteiger partial charge on any atom is 0.253 e. The Morgan fingerprint density at radius 2 is 1.70 bits per heavy atom. The second-order valence-corrected chi connectivity index (χ2v) is 7.11. The minimum atomic E-state index is 0.143. The Hall–Kier alpha value is -2.72. The highest BCUT2D eigenvalue weighted by molar-refractivity contribution is 5.94. The molecule has 0 N–H and O–H groups in total. The average Bonchev–Trinajstić information content (AvgIpc) is 2.74. The zero-order chi connectivity index (χ0) is 18.6. The third-order valence-corrected chi connectivity index (χ3v) is 5.38. The van der Waals surface area contributed by atoms with Gasteiger partial charge in [0.2, 0.25) is 0 Å². The molecule has 2 aromatic carbocycles. The van der Waals surface area contributed by atoms with Crippen LogP contribution in [0.2, 0.25) is 0 Å². The Labute approximate surface area is 160 Å². The number of rotatable bonds is 4. The molecule has 0 saturated carbocycles. The first kappa shape index (κ1) is 17.7. The van der Waals surface area contributed by atoms with Gasteiger partial charge >= 0.3 is 0 Å². The van der Waals surface area contributed by atoms with Gasteiger partial charge in [0.1, 0.15) is 0 Å². The fourth-order valence-corrected chi connectivity index (χ4v) is 3.71. The van der Waals surface area contributed by atoms with Gasteiger partial charge in [0.25, 0.3) is 5.91 Å². The standard InChI is InChI=1S/C23H25N3O/c1-2-18-8-10-20(11-9-18)23(27)26-15-13-25(14-16-26)17-21-6-3-5-19-7-4-12-24-22(19)21/h3-12H,2,13-17H2,1H3. The molecule has 4 nitrogen and oxygen atoms in total. The molecule has 0 aliphatic carbocycles. The van der Waals surface area contributed by atoms with Crippen LogP contribution >= 0.6 is 0 Å². The first-order valence-corrected chi connectivity index (χ1v) is 9.68. The quantitative estimate of drug-likeness (QED) is 0.712. The zero-order valence-electron chi connectivity index (χ0n) is 15.8. The molecule has 4 heteroatoms. The predicted octanol–water partition coefficient (Wildman–Crippen LogP) is 3.76. The number of fused-ring (bicyclic) bond motifs is 1. The summed E-state index contributed by atoms with van der Waals surface area (Å²) in [6.45, 7) is 6.33. The van der Waals surface area contributed by atoms with Gasteiger partial charge in [0.05, 0.1) is 5.52 Å². The van der Waals surface area contributed by atoms with Crippen LogP contribution in [0.15, 0.2) is 60.8 Å². The van der Waals surface area contributed by atoms with Crippen LogP contribution in [0.4, 0.5) is 0 Å².